The molecule has 1 rings (SSSR count). The van der Waals surface area contributed by atoms with Crippen LogP contribution in [0.15, 0.2) is 0 Å². The van der Waals surface area contributed by atoms with Gasteiger partial charge in [0.25, 0.3) is 0 Å². The summed E-state index contributed by atoms with van der Waals surface area (Å²) < 4.78 is 5.31. The highest BCUT2D eigenvalue weighted by Gasteiger charge is 2.23. The smallest absolute Gasteiger partial charge is 0.224 e. The minimum absolute atomic E-state index is 0.159. The predicted molar refractivity (Wildman–Crippen MR) is 67.8 cm³/mol. The molecular formula is C12H25N3O2. The fourth-order valence-corrected chi connectivity index (χ4v) is 2.21. The standard InChI is InChI=1S/C12H25N3O2/c1-3-14(4-2)12(16)9-11(10-13)15-5-7-17-8-6-15/h11H,3-10,13H2,1-2H3. The molecule has 1 fully saturated rings. The van der Waals surface area contributed by atoms with E-state index in [0.29, 0.717) is 13.0 Å². The molecule has 0 aliphatic carbocycles. The molecule has 0 aromatic heterocycles. The molecule has 5 heteroatoms. The Balaban J connectivity index is 2.47. The van der Waals surface area contributed by atoms with Crippen molar-refractivity contribution >= 4 is 5.91 Å². The van der Waals surface area contributed by atoms with Crippen molar-refractivity contribution in [2.45, 2.75) is 26.3 Å². The lowest BCUT2D eigenvalue weighted by Gasteiger charge is -2.34. The molecule has 1 amide bonds. The van der Waals surface area contributed by atoms with Gasteiger partial charge in [-0.05, 0) is 13.8 Å². The predicted octanol–water partition coefficient (Wildman–Crippen LogP) is -0.0956. The second-order valence-corrected chi connectivity index (χ2v) is 4.31. The van der Waals surface area contributed by atoms with Gasteiger partial charge in [-0.25, -0.2) is 0 Å². The van der Waals surface area contributed by atoms with Crippen molar-refractivity contribution < 1.29 is 9.53 Å². The van der Waals surface area contributed by atoms with Crippen LogP contribution >= 0.6 is 0 Å². The molecule has 0 bridgehead atoms. The fourth-order valence-electron chi connectivity index (χ4n) is 2.21. The lowest BCUT2D eigenvalue weighted by atomic mass is 10.1. The van der Waals surface area contributed by atoms with Gasteiger partial charge in [0.2, 0.25) is 5.91 Å². The van der Waals surface area contributed by atoms with E-state index in [1.54, 1.807) is 0 Å². The molecule has 1 aliphatic heterocycles. The number of hydrogen-bond donors (Lipinski definition) is 1. The van der Waals surface area contributed by atoms with Gasteiger partial charge in [0, 0.05) is 45.2 Å². The molecule has 0 saturated carbocycles. The highest BCUT2D eigenvalue weighted by molar-refractivity contribution is 5.76. The molecule has 2 N–H and O–H groups in total. The van der Waals surface area contributed by atoms with Gasteiger partial charge in [-0.1, -0.05) is 0 Å². The van der Waals surface area contributed by atoms with Crippen LogP contribution in [-0.2, 0) is 9.53 Å². The summed E-state index contributed by atoms with van der Waals surface area (Å²) in [5.41, 5.74) is 5.78. The highest BCUT2D eigenvalue weighted by Crippen LogP contribution is 2.08. The number of carbonyl (C=O) groups is 1. The Morgan fingerprint density at radius 1 is 1.35 bits per heavy atom. The zero-order valence-corrected chi connectivity index (χ0v) is 11.0. The third-order valence-corrected chi connectivity index (χ3v) is 3.36. The van der Waals surface area contributed by atoms with E-state index in [-0.39, 0.29) is 11.9 Å². The first-order chi connectivity index (χ1) is 8.22. The second-order valence-electron chi connectivity index (χ2n) is 4.31. The number of ether oxygens (including phenoxy) is 1. The van der Waals surface area contributed by atoms with Gasteiger partial charge in [0.15, 0.2) is 0 Å². The normalized spacial score (nSPS) is 19.0. The molecule has 0 radical (unpaired) electrons. The van der Waals surface area contributed by atoms with Gasteiger partial charge >= 0.3 is 0 Å². The number of morpholine rings is 1. The Morgan fingerprint density at radius 2 is 1.94 bits per heavy atom. The van der Waals surface area contributed by atoms with Crippen LogP contribution in [0.25, 0.3) is 0 Å². The molecule has 1 atom stereocenters. The van der Waals surface area contributed by atoms with Crippen LogP contribution in [0.5, 0.6) is 0 Å². The zero-order valence-electron chi connectivity index (χ0n) is 11.0. The quantitative estimate of drug-likeness (QED) is 0.708. The summed E-state index contributed by atoms with van der Waals surface area (Å²) in [4.78, 5) is 16.2. The minimum Gasteiger partial charge on any atom is -0.379 e. The van der Waals surface area contributed by atoms with Crippen LogP contribution in [-0.4, -0.2) is 67.7 Å². The van der Waals surface area contributed by atoms with Gasteiger partial charge in [-0.3, -0.25) is 9.69 Å². The van der Waals surface area contributed by atoms with Crippen molar-refractivity contribution in [3.05, 3.63) is 0 Å². The maximum Gasteiger partial charge on any atom is 0.224 e. The molecule has 0 spiro atoms. The Morgan fingerprint density at radius 3 is 2.41 bits per heavy atom. The first kappa shape index (κ1) is 14.4. The van der Waals surface area contributed by atoms with Crippen LogP contribution in [0.3, 0.4) is 0 Å². The summed E-state index contributed by atoms with van der Waals surface area (Å²) in [6, 6.07) is 0.159. The lowest BCUT2D eigenvalue weighted by molar-refractivity contribution is -0.132. The summed E-state index contributed by atoms with van der Waals surface area (Å²) in [5, 5.41) is 0. The molecule has 1 heterocycles. The molecule has 0 aromatic carbocycles. The number of hydrogen-bond acceptors (Lipinski definition) is 4. The molecule has 100 valence electrons. The molecular weight excluding hydrogens is 218 g/mol. The van der Waals surface area contributed by atoms with Gasteiger partial charge in [0.05, 0.1) is 13.2 Å². The van der Waals surface area contributed by atoms with Crippen molar-refractivity contribution in [2.75, 3.05) is 45.9 Å². The van der Waals surface area contributed by atoms with Gasteiger partial charge in [-0.2, -0.15) is 0 Å². The van der Waals surface area contributed by atoms with Gasteiger partial charge in [0.1, 0.15) is 0 Å². The Hall–Kier alpha value is -0.650. The number of nitrogens with two attached hydrogens (primary N) is 1. The second kappa shape index (κ2) is 7.63. The van der Waals surface area contributed by atoms with Crippen molar-refractivity contribution in [1.82, 2.24) is 9.80 Å². The Labute approximate surface area is 104 Å². The average molecular weight is 243 g/mol. The average Bonchev–Trinajstić information content (AvgIpc) is 2.38. The highest BCUT2D eigenvalue weighted by atomic mass is 16.5. The van der Waals surface area contributed by atoms with E-state index in [9.17, 15) is 4.79 Å². The van der Waals surface area contributed by atoms with E-state index in [1.165, 1.54) is 0 Å². The Bertz CT molecular complexity index is 226. The van der Waals surface area contributed by atoms with E-state index in [2.05, 4.69) is 4.90 Å². The topological polar surface area (TPSA) is 58.8 Å². The molecule has 0 aromatic rings. The number of carbonyl (C=O) groups excluding carboxylic acids is 1. The number of rotatable bonds is 6. The summed E-state index contributed by atoms with van der Waals surface area (Å²) in [6.45, 7) is 9.35. The Kier molecular flexibility index (Phi) is 6.47. The molecule has 1 unspecified atom stereocenters. The first-order valence-corrected chi connectivity index (χ1v) is 6.52. The van der Waals surface area contributed by atoms with E-state index in [4.69, 9.17) is 10.5 Å². The largest absolute Gasteiger partial charge is 0.379 e. The van der Waals surface area contributed by atoms with Crippen LogP contribution in [0.2, 0.25) is 0 Å². The summed E-state index contributed by atoms with van der Waals surface area (Å²) in [7, 11) is 0. The fraction of sp³-hybridized carbons (Fsp3) is 0.917. The van der Waals surface area contributed by atoms with Crippen LogP contribution in [0, 0.1) is 0 Å². The van der Waals surface area contributed by atoms with Crippen LogP contribution in [0.1, 0.15) is 20.3 Å². The van der Waals surface area contributed by atoms with Gasteiger partial charge < -0.3 is 15.4 Å². The van der Waals surface area contributed by atoms with Crippen LogP contribution < -0.4 is 5.73 Å². The maximum atomic E-state index is 12.0. The lowest BCUT2D eigenvalue weighted by Crippen LogP contribution is -2.49. The van der Waals surface area contributed by atoms with Crippen molar-refractivity contribution in [3.63, 3.8) is 0 Å². The summed E-state index contributed by atoms with van der Waals surface area (Å²) in [5.74, 6) is 0.206. The molecule has 5 nitrogen and oxygen atoms in total. The summed E-state index contributed by atoms with van der Waals surface area (Å²) >= 11 is 0. The van der Waals surface area contributed by atoms with Crippen LogP contribution in [0.4, 0.5) is 0 Å². The number of amides is 1. The maximum absolute atomic E-state index is 12.0. The number of nitrogens with zero attached hydrogens (tertiary/aromatic N) is 2. The first-order valence-electron chi connectivity index (χ1n) is 6.52. The van der Waals surface area contributed by atoms with E-state index in [1.807, 2.05) is 18.7 Å². The third kappa shape index (κ3) is 4.26. The van der Waals surface area contributed by atoms with E-state index < -0.39 is 0 Å². The molecule has 1 aliphatic rings. The molecule has 17 heavy (non-hydrogen) atoms. The van der Waals surface area contributed by atoms with E-state index >= 15 is 0 Å². The van der Waals surface area contributed by atoms with Crippen molar-refractivity contribution in [1.29, 1.82) is 0 Å². The zero-order chi connectivity index (χ0) is 12.7. The molecule has 1 saturated heterocycles. The van der Waals surface area contributed by atoms with Gasteiger partial charge in [-0.15, -0.1) is 0 Å². The third-order valence-electron chi connectivity index (χ3n) is 3.36. The SMILES string of the molecule is CCN(CC)C(=O)CC(CN)N1CCOCC1. The summed E-state index contributed by atoms with van der Waals surface area (Å²) in [6.07, 6.45) is 0.526. The minimum atomic E-state index is 0.159. The van der Waals surface area contributed by atoms with Crippen molar-refractivity contribution in [2.24, 2.45) is 5.73 Å². The van der Waals surface area contributed by atoms with E-state index in [0.717, 1.165) is 39.4 Å². The monoisotopic (exact) mass is 243 g/mol. The van der Waals surface area contributed by atoms with Crippen molar-refractivity contribution in [3.8, 4) is 0 Å².